The summed E-state index contributed by atoms with van der Waals surface area (Å²) in [5.74, 6) is -0.167. The van der Waals surface area contributed by atoms with Crippen molar-refractivity contribution in [1.29, 1.82) is 0 Å². The number of halogens is 1. The summed E-state index contributed by atoms with van der Waals surface area (Å²) >= 11 is 0. The highest BCUT2D eigenvalue weighted by molar-refractivity contribution is 5.86. The van der Waals surface area contributed by atoms with Gasteiger partial charge in [-0.3, -0.25) is 4.79 Å². The Labute approximate surface area is 139 Å². The quantitative estimate of drug-likeness (QED) is 0.821. The highest BCUT2D eigenvalue weighted by atomic mass is 19.1. The molecule has 1 aromatic carbocycles. The van der Waals surface area contributed by atoms with Crippen LogP contribution in [0.3, 0.4) is 0 Å². The van der Waals surface area contributed by atoms with E-state index in [2.05, 4.69) is 16.5 Å². The molecule has 1 amide bonds. The molecule has 0 aliphatic carbocycles. The molecule has 1 aromatic heterocycles. The standard InChI is InChI=1S/C17H19FN4O2/c1-4-14(23)22(3)7-8-24-16-15(20-10-21-17(16)19)13-9-12(18)6-5-11(13)2/h4-6,9-10H,1,7-8H2,2-3H3,(H2,19,20,21). The number of nitrogens with zero attached hydrogens (tertiary/aromatic N) is 3. The highest BCUT2D eigenvalue weighted by Gasteiger charge is 2.16. The number of rotatable bonds is 6. The van der Waals surface area contributed by atoms with Crippen LogP contribution in [0.2, 0.25) is 0 Å². The minimum Gasteiger partial charge on any atom is -0.486 e. The van der Waals surface area contributed by atoms with Crippen molar-refractivity contribution in [3.8, 4) is 17.0 Å². The van der Waals surface area contributed by atoms with Crippen LogP contribution in [0.4, 0.5) is 10.2 Å². The third kappa shape index (κ3) is 3.87. The summed E-state index contributed by atoms with van der Waals surface area (Å²) in [4.78, 5) is 21.0. The van der Waals surface area contributed by atoms with Crippen LogP contribution in [0.1, 0.15) is 5.56 Å². The van der Waals surface area contributed by atoms with Crippen LogP contribution in [0, 0.1) is 12.7 Å². The lowest BCUT2D eigenvalue weighted by atomic mass is 10.0. The summed E-state index contributed by atoms with van der Waals surface area (Å²) in [6.45, 7) is 5.79. The zero-order valence-electron chi connectivity index (χ0n) is 13.6. The monoisotopic (exact) mass is 330 g/mol. The number of aryl methyl sites for hydroxylation is 1. The van der Waals surface area contributed by atoms with Crippen molar-refractivity contribution in [2.75, 3.05) is 25.9 Å². The number of likely N-dealkylation sites (N-methyl/N-ethyl adjacent to an activating group) is 1. The number of aromatic nitrogens is 2. The second-order valence-electron chi connectivity index (χ2n) is 5.21. The molecule has 6 nitrogen and oxygen atoms in total. The number of hydrogen-bond acceptors (Lipinski definition) is 5. The van der Waals surface area contributed by atoms with Gasteiger partial charge in [-0.05, 0) is 30.7 Å². The van der Waals surface area contributed by atoms with E-state index in [9.17, 15) is 9.18 Å². The van der Waals surface area contributed by atoms with Gasteiger partial charge >= 0.3 is 0 Å². The van der Waals surface area contributed by atoms with Gasteiger partial charge in [0.15, 0.2) is 11.6 Å². The molecule has 0 spiro atoms. The third-order valence-corrected chi connectivity index (χ3v) is 3.51. The Balaban J connectivity index is 2.26. The summed E-state index contributed by atoms with van der Waals surface area (Å²) in [6, 6.07) is 4.40. The molecule has 0 atom stereocenters. The summed E-state index contributed by atoms with van der Waals surface area (Å²) in [6.07, 6.45) is 2.52. The Hall–Kier alpha value is -2.96. The first-order chi connectivity index (χ1) is 11.4. The zero-order valence-corrected chi connectivity index (χ0v) is 13.6. The van der Waals surface area contributed by atoms with E-state index in [1.807, 2.05) is 6.92 Å². The molecule has 0 aliphatic rings. The first-order valence-corrected chi connectivity index (χ1v) is 7.31. The molecule has 126 valence electrons. The molecule has 0 saturated carbocycles. The number of amides is 1. The van der Waals surface area contributed by atoms with Crippen molar-refractivity contribution >= 4 is 11.7 Å². The number of carbonyl (C=O) groups is 1. The Morgan fingerprint density at radius 3 is 2.92 bits per heavy atom. The van der Waals surface area contributed by atoms with Crippen molar-refractivity contribution in [3.05, 3.63) is 48.6 Å². The fraction of sp³-hybridized carbons (Fsp3) is 0.235. The molecule has 2 rings (SSSR count). The summed E-state index contributed by atoms with van der Waals surface area (Å²) in [7, 11) is 1.63. The first kappa shape index (κ1) is 17.4. The Kier molecular flexibility index (Phi) is 5.47. The smallest absolute Gasteiger partial charge is 0.245 e. The van der Waals surface area contributed by atoms with Crippen molar-refractivity contribution in [2.24, 2.45) is 0 Å². The predicted molar refractivity (Wildman–Crippen MR) is 89.9 cm³/mol. The molecule has 1 heterocycles. The molecular weight excluding hydrogens is 311 g/mol. The molecule has 2 N–H and O–H groups in total. The second-order valence-corrected chi connectivity index (χ2v) is 5.21. The molecule has 24 heavy (non-hydrogen) atoms. The molecule has 0 bridgehead atoms. The van der Waals surface area contributed by atoms with Gasteiger partial charge < -0.3 is 15.4 Å². The minimum absolute atomic E-state index is 0.154. The van der Waals surface area contributed by atoms with Crippen LogP contribution in [0.5, 0.6) is 5.75 Å². The zero-order chi connectivity index (χ0) is 17.7. The van der Waals surface area contributed by atoms with Crippen molar-refractivity contribution < 1.29 is 13.9 Å². The van der Waals surface area contributed by atoms with Gasteiger partial charge in [-0.2, -0.15) is 0 Å². The minimum atomic E-state index is -0.380. The lowest BCUT2D eigenvalue weighted by Crippen LogP contribution is -2.29. The van der Waals surface area contributed by atoms with E-state index in [0.29, 0.717) is 17.8 Å². The number of nitrogen functional groups attached to an aromatic ring is 1. The van der Waals surface area contributed by atoms with E-state index in [1.54, 1.807) is 13.1 Å². The SMILES string of the molecule is C=CC(=O)N(C)CCOc1c(N)ncnc1-c1cc(F)ccc1C. The largest absolute Gasteiger partial charge is 0.486 e. The van der Waals surface area contributed by atoms with Crippen molar-refractivity contribution in [3.63, 3.8) is 0 Å². The highest BCUT2D eigenvalue weighted by Crippen LogP contribution is 2.33. The van der Waals surface area contributed by atoms with Crippen LogP contribution >= 0.6 is 0 Å². The molecule has 0 unspecified atom stereocenters. The number of carbonyl (C=O) groups excluding carboxylic acids is 1. The van der Waals surface area contributed by atoms with E-state index >= 15 is 0 Å². The predicted octanol–water partition coefficient (Wildman–Crippen LogP) is 2.20. The molecule has 2 aromatic rings. The number of ether oxygens (including phenoxy) is 1. The van der Waals surface area contributed by atoms with Gasteiger partial charge in [-0.25, -0.2) is 14.4 Å². The topological polar surface area (TPSA) is 81.3 Å². The van der Waals surface area contributed by atoms with Gasteiger partial charge in [-0.15, -0.1) is 0 Å². The summed E-state index contributed by atoms with van der Waals surface area (Å²) in [5, 5.41) is 0. The Morgan fingerprint density at radius 2 is 2.21 bits per heavy atom. The van der Waals surface area contributed by atoms with Gasteiger partial charge in [0.05, 0.1) is 6.54 Å². The molecule has 0 aliphatic heterocycles. The molecule has 7 heteroatoms. The van der Waals surface area contributed by atoms with E-state index < -0.39 is 0 Å². The number of nitrogens with two attached hydrogens (primary N) is 1. The summed E-state index contributed by atoms with van der Waals surface area (Å²) < 4.78 is 19.3. The lowest BCUT2D eigenvalue weighted by Gasteiger charge is -2.17. The van der Waals surface area contributed by atoms with Gasteiger partial charge in [0.25, 0.3) is 0 Å². The van der Waals surface area contributed by atoms with Gasteiger partial charge in [0, 0.05) is 12.6 Å². The van der Waals surface area contributed by atoms with Crippen LogP contribution in [-0.2, 0) is 4.79 Å². The molecule has 0 fully saturated rings. The molecule has 0 radical (unpaired) electrons. The summed E-state index contributed by atoms with van der Waals surface area (Å²) in [5.41, 5.74) is 7.71. The Bertz CT molecular complexity index is 764. The normalized spacial score (nSPS) is 10.3. The van der Waals surface area contributed by atoms with E-state index in [-0.39, 0.29) is 29.9 Å². The molecular formula is C17H19FN4O2. The van der Waals surface area contributed by atoms with Gasteiger partial charge in [0.2, 0.25) is 5.91 Å². The number of hydrogen-bond donors (Lipinski definition) is 1. The maximum Gasteiger partial charge on any atom is 0.245 e. The van der Waals surface area contributed by atoms with E-state index in [1.165, 1.54) is 29.4 Å². The Morgan fingerprint density at radius 1 is 1.46 bits per heavy atom. The van der Waals surface area contributed by atoms with E-state index in [0.717, 1.165) is 5.56 Å². The second kappa shape index (κ2) is 7.54. The van der Waals surface area contributed by atoms with Crippen molar-refractivity contribution in [1.82, 2.24) is 14.9 Å². The van der Waals surface area contributed by atoms with Crippen LogP contribution in [0.15, 0.2) is 37.2 Å². The average Bonchev–Trinajstić information content (AvgIpc) is 2.57. The van der Waals surface area contributed by atoms with E-state index in [4.69, 9.17) is 10.5 Å². The van der Waals surface area contributed by atoms with Gasteiger partial charge in [0.1, 0.15) is 24.4 Å². The first-order valence-electron chi connectivity index (χ1n) is 7.31. The third-order valence-electron chi connectivity index (χ3n) is 3.51. The maximum absolute atomic E-state index is 13.6. The van der Waals surface area contributed by atoms with Crippen LogP contribution in [-0.4, -0.2) is 41.0 Å². The van der Waals surface area contributed by atoms with Crippen LogP contribution in [0.25, 0.3) is 11.3 Å². The number of benzene rings is 1. The maximum atomic E-state index is 13.6. The fourth-order valence-corrected chi connectivity index (χ4v) is 2.12. The van der Waals surface area contributed by atoms with Crippen LogP contribution < -0.4 is 10.5 Å². The lowest BCUT2D eigenvalue weighted by molar-refractivity contribution is -0.125. The van der Waals surface area contributed by atoms with Crippen molar-refractivity contribution in [2.45, 2.75) is 6.92 Å². The van der Waals surface area contributed by atoms with Gasteiger partial charge in [-0.1, -0.05) is 12.6 Å². The average molecular weight is 330 g/mol. The number of anilines is 1. The fourth-order valence-electron chi connectivity index (χ4n) is 2.12. The molecule has 0 saturated heterocycles.